The van der Waals surface area contributed by atoms with Gasteiger partial charge in [-0.2, -0.15) is 9.94 Å². The molecule has 1 aromatic heterocycles. The van der Waals surface area contributed by atoms with Crippen molar-refractivity contribution < 1.29 is 19.0 Å². The number of ether oxygens (including phenoxy) is 1. The molecule has 33 heavy (non-hydrogen) atoms. The summed E-state index contributed by atoms with van der Waals surface area (Å²) < 4.78 is 21.8. The molecule has 0 fully saturated rings. The Morgan fingerprint density at radius 1 is 1.27 bits per heavy atom. The molecule has 5 rings (SSSR count). The van der Waals surface area contributed by atoms with E-state index in [0.717, 1.165) is 27.4 Å². The zero-order valence-electron chi connectivity index (χ0n) is 17.8. The molecular weight excluding hydrogens is 429 g/mol. The summed E-state index contributed by atoms with van der Waals surface area (Å²) >= 11 is 0. The van der Waals surface area contributed by atoms with E-state index in [1.165, 1.54) is 16.7 Å². The number of nitrogens with zero attached hydrogens (tertiary/aromatic N) is 5. The summed E-state index contributed by atoms with van der Waals surface area (Å²) in [5, 5.41) is 24.1. The number of cyclic esters (lactones) is 1. The van der Waals surface area contributed by atoms with Crippen molar-refractivity contribution >= 4 is 5.97 Å². The van der Waals surface area contributed by atoms with Crippen molar-refractivity contribution in [1.29, 1.82) is 5.26 Å². The van der Waals surface area contributed by atoms with Crippen molar-refractivity contribution in [2.24, 2.45) is 0 Å². The van der Waals surface area contributed by atoms with Gasteiger partial charge in [0.05, 0.1) is 29.5 Å². The fourth-order valence-corrected chi connectivity index (χ4v) is 4.42. The summed E-state index contributed by atoms with van der Waals surface area (Å²) in [5.74, 6) is -0.553. The first-order chi connectivity index (χ1) is 15.9. The van der Waals surface area contributed by atoms with E-state index in [2.05, 4.69) is 5.10 Å². The largest absolute Gasteiger partial charge is 0.457 e. The normalized spacial score (nSPS) is 16.1. The average molecular weight is 449 g/mol. The number of hydrogen-bond acceptors (Lipinski definition) is 7. The monoisotopic (exact) mass is 449 g/mol. The summed E-state index contributed by atoms with van der Waals surface area (Å²) in [5.41, 5.74) is 2.67. The minimum absolute atomic E-state index is 0.103. The number of fused-ring (bicyclic) bond motifs is 2. The first-order valence-corrected chi connectivity index (χ1v) is 10.5. The summed E-state index contributed by atoms with van der Waals surface area (Å²) in [7, 11) is 0. The molecule has 1 N–H and O–H groups in total. The fraction of sp³-hybridized carbons (Fsp3) is 0.304. The summed E-state index contributed by atoms with van der Waals surface area (Å²) in [4.78, 5) is 26.5. The molecule has 1 atom stereocenters. The number of carbonyl (C=O) groups excluding carboxylic acids is 1. The quantitative estimate of drug-likeness (QED) is 0.602. The Morgan fingerprint density at radius 2 is 2.09 bits per heavy atom. The number of rotatable bonds is 4. The Bertz CT molecular complexity index is 1390. The van der Waals surface area contributed by atoms with Crippen LogP contribution in [0.15, 0.2) is 35.1 Å². The van der Waals surface area contributed by atoms with Gasteiger partial charge in [-0.25, -0.2) is 14.0 Å². The maximum absolute atomic E-state index is 14.0. The predicted molar refractivity (Wildman–Crippen MR) is 113 cm³/mol. The number of halogens is 1. The summed E-state index contributed by atoms with van der Waals surface area (Å²) in [6, 6.07) is 9.10. The lowest BCUT2D eigenvalue weighted by atomic mass is 9.95. The van der Waals surface area contributed by atoms with E-state index < -0.39 is 11.9 Å². The molecule has 168 valence electrons. The van der Waals surface area contributed by atoms with Crippen LogP contribution in [0.5, 0.6) is 0 Å². The van der Waals surface area contributed by atoms with Crippen LogP contribution in [0.4, 0.5) is 4.39 Å². The Balaban J connectivity index is 1.36. The number of carbonyl (C=O) groups is 1. The third-order valence-electron chi connectivity index (χ3n) is 6.26. The van der Waals surface area contributed by atoms with Crippen molar-refractivity contribution in [3.63, 3.8) is 0 Å². The molecule has 1 unspecified atom stereocenters. The third kappa shape index (κ3) is 3.51. The molecule has 3 aromatic rings. The van der Waals surface area contributed by atoms with Gasteiger partial charge in [-0.1, -0.05) is 6.07 Å². The number of nitriles is 1. The Hall–Kier alpha value is -3.81. The zero-order valence-corrected chi connectivity index (χ0v) is 17.8. The standard InChI is InChI=1S/C23H20FN5O4/c1-13-16(4-5-17-18(13)12-33-22(17)31)20(30)10-27-6-7-28-21(11-27)26-29(23(28)32)15-3-2-14(9-25)19(24)8-15/h2-5,8,20,30H,6-7,10-12H2,1H3. The molecule has 0 saturated carbocycles. The fourth-order valence-electron chi connectivity index (χ4n) is 4.42. The third-order valence-corrected chi connectivity index (χ3v) is 6.26. The van der Waals surface area contributed by atoms with Crippen LogP contribution < -0.4 is 5.69 Å². The SMILES string of the molecule is Cc1c(C(O)CN2CCn3c(nn(-c4ccc(C#N)c(F)c4)c3=O)C2)ccc2c1COC2=O. The van der Waals surface area contributed by atoms with E-state index in [1.807, 2.05) is 11.8 Å². The van der Waals surface area contributed by atoms with Gasteiger partial charge in [-0.05, 0) is 36.2 Å². The second kappa shape index (κ2) is 7.95. The average Bonchev–Trinajstić information content (AvgIpc) is 3.34. The van der Waals surface area contributed by atoms with Crippen LogP contribution in [0.2, 0.25) is 0 Å². The van der Waals surface area contributed by atoms with Gasteiger partial charge in [0.25, 0.3) is 0 Å². The molecule has 0 spiro atoms. The van der Waals surface area contributed by atoms with E-state index in [4.69, 9.17) is 10.00 Å². The highest BCUT2D eigenvalue weighted by Gasteiger charge is 2.28. The minimum atomic E-state index is -0.793. The van der Waals surface area contributed by atoms with Crippen LogP contribution >= 0.6 is 0 Å². The Labute approximate surface area is 187 Å². The van der Waals surface area contributed by atoms with Crippen molar-refractivity contribution in [2.45, 2.75) is 32.7 Å². The van der Waals surface area contributed by atoms with Gasteiger partial charge in [0, 0.05) is 31.3 Å². The molecule has 0 radical (unpaired) electrons. The molecule has 9 nitrogen and oxygen atoms in total. The second-order valence-corrected chi connectivity index (χ2v) is 8.17. The topological polar surface area (TPSA) is 113 Å². The molecule has 10 heteroatoms. The highest BCUT2D eigenvalue weighted by Crippen LogP contribution is 2.29. The molecule has 3 heterocycles. The molecule has 2 aliphatic rings. The summed E-state index contributed by atoms with van der Waals surface area (Å²) in [6.07, 6.45) is -0.793. The number of aromatic nitrogens is 3. The van der Waals surface area contributed by atoms with Gasteiger partial charge >= 0.3 is 11.7 Å². The Morgan fingerprint density at radius 3 is 2.85 bits per heavy atom. The van der Waals surface area contributed by atoms with Crippen LogP contribution in [0.1, 0.15) is 44.5 Å². The number of hydrogen-bond donors (Lipinski definition) is 1. The van der Waals surface area contributed by atoms with Crippen LogP contribution in [-0.4, -0.2) is 43.4 Å². The zero-order chi connectivity index (χ0) is 23.3. The minimum Gasteiger partial charge on any atom is -0.457 e. The van der Waals surface area contributed by atoms with Gasteiger partial charge in [0.2, 0.25) is 0 Å². The number of aliphatic hydroxyl groups is 1. The molecule has 2 aromatic carbocycles. The molecule has 0 aliphatic carbocycles. The number of β-amino-alcohol motifs (C(OH)–C–C–N with tert-alkyl or cyclic N) is 1. The molecule has 2 aliphatic heterocycles. The maximum atomic E-state index is 14.0. The van der Waals surface area contributed by atoms with Gasteiger partial charge in [0.15, 0.2) is 0 Å². The van der Waals surface area contributed by atoms with E-state index in [1.54, 1.807) is 18.2 Å². The highest BCUT2D eigenvalue weighted by molar-refractivity contribution is 5.93. The molecule has 0 saturated heterocycles. The second-order valence-electron chi connectivity index (χ2n) is 8.17. The van der Waals surface area contributed by atoms with Crippen molar-refractivity contribution in [1.82, 2.24) is 19.2 Å². The van der Waals surface area contributed by atoms with Gasteiger partial charge < -0.3 is 9.84 Å². The number of benzene rings is 2. The van der Waals surface area contributed by atoms with Gasteiger partial charge in [-0.15, -0.1) is 5.10 Å². The van der Waals surface area contributed by atoms with Gasteiger partial charge in [0.1, 0.15) is 24.3 Å². The van der Waals surface area contributed by atoms with Crippen molar-refractivity contribution in [2.75, 3.05) is 13.1 Å². The summed E-state index contributed by atoms with van der Waals surface area (Å²) in [6.45, 7) is 3.65. The van der Waals surface area contributed by atoms with E-state index >= 15 is 0 Å². The first-order valence-electron chi connectivity index (χ1n) is 10.5. The van der Waals surface area contributed by atoms with Crippen molar-refractivity contribution in [3.05, 3.63) is 80.3 Å². The lowest BCUT2D eigenvalue weighted by Crippen LogP contribution is -2.39. The lowest BCUT2D eigenvalue weighted by molar-refractivity contribution is 0.0535. The molecular formula is C23H20FN5O4. The number of esters is 1. The smallest absolute Gasteiger partial charge is 0.350 e. The molecule has 0 amide bonds. The van der Waals surface area contributed by atoms with E-state index in [-0.39, 0.29) is 29.5 Å². The predicted octanol–water partition coefficient (Wildman–Crippen LogP) is 1.57. The maximum Gasteiger partial charge on any atom is 0.350 e. The Kier molecular flexibility index (Phi) is 5.08. The van der Waals surface area contributed by atoms with Crippen molar-refractivity contribution in [3.8, 4) is 11.8 Å². The van der Waals surface area contributed by atoms with Crippen LogP contribution in [0, 0.1) is 24.1 Å². The van der Waals surface area contributed by atoms with E-state index in [0.29, 0.717) is 37.6 Å². The highest BCUT2D eigenvalue weighted by atomic mass is 19.1. The van der Waals surface area contributed by atoms with Crippen LogP contribution in [-0.2, 0) is 24.4 Å². The van der Waals surface area contributed by atoms with Crippen LogP contribution in [0.25, 0.3) is 5.69 Å². The lowest BCUT2D eigenvalue weighted by Gasteiger charge is -2.29. The van der Waals surface area contributed by atoms with Gasteiger partial charge in [-0.3, -0.25) is 9.47 Å². The number of aliphatic hydroxyl groups excluding tert-OH is 1. The van der Waals surface area contributed by atoms with E-state index in [9.17, 15) is 19.1 Å². The molecule has 0 bridgehead atoms. The van der Waals surface area contributed by atoms with Crippen LogP contribution in [0.3, 0.4) is 0 Å². The first kappa shape index (κ1) is 21.1.